The van der Waals surface area contributed by atoms with Crippen LogP contribution in [0.2, 0.25) is 0 Å². The first-order chi connectivity index (χ1) is 17.5. The Morgan fingerprint density at radius 1 is 1.00 bits per heavy atom. The smallest absolute Gasteiger partial charge is 0.291 e. The summed E-state index contributed by atoms with van der Waals surface area (Å²) in [6.07, 6.45) is 6.76. The minimum atomic E-state index is -0.239. The van der Waals surface area contributed by atoms with Crippen LogP contribution in [-0.2, 0) is 17.9 Å². The molecule has 1 saturated heterocycles. The molecule has 1 aliphatic heterocycles. The first-order valence-electron chi connectivity index (χ1n) is 13.0. The number of rotatable bonds is 7. The van der Waals surface area contributed by atoms with Crippen LogP contribution in [0.3, 0.4) is 0 Å². The van der Waals surface area contributed by atoms with Gasteiger partial charge in [0, 0.05) is 35.9 Å². The van der Waals surface area contributed by atoms with Crippen LogP contribution in [0.15, 0.2) is 53.5 Å². The van der Waals surface area contributed by atoms with Crippen LogP contribution in [0.25, 0.3) is 21.8 Å². The minimum Gasteiger partial charge on any atom is -0.353 e. The van der Waals surface area contributed by atoms with Crippen molar-refractivity contribution in [3.05, 3.63) is 75.7 Å². The van der Waals surface area contributed by atoms with Crippen molar-refractivity contribution in [1.82, 2.24) is 24.6 Å². The Bertz CT molecular complexity index is 1440. The molecule has 0 unspecified atom stereocenters. The summed E-state index contributed by atoms with van der Waals surface area (Å²) < 4.78 is 3.37. The highest BCUT2D eigenvalue weighted by molar-refractivity contribution is 6.07. The normalized spacial score (nSPS) is 14.8. The van der Waals surface area contributed by atoms with Gasteiger partial charge in [0.25, 0.3) is 5.56 Å². The number of hydrogen-bond donors (Lipinski definition) is 1. The summed E-state index contributed by atoms with van der Waals surface area (Å²) in [5, 5.41) is 9.18. The first kappa shape index (κ1) is 24.3. The quantitative estimate of drug-likeness (QED) is 0.429. The molecule has 1 N–H and O–H groups in total. The third-order valence-electron chi connectivity index (χ3n) is 7.35. The van der Waals surface area contributed by atoms with E-state index in [0.717, 1.165) is 35.9 Å². The summed E-state index contributed by atoms with van der Waals surface area (Å²) in [7, 11) is 0. The molecular formula is C29H35N5O2. The number of amides is 1. The number of para-hydroxylation sites is 1. The fraction of sp³-hybridized carbons (Fsp3) is 0.414. The monoisotopic (exact) mass is 485 g/mol. The van der Waals surface area contributed by atoms with Crippen molar-refractivity contribution in [2.75, 3.05) is 26.2 Å². The average Bonchev–Trinajstić information content (AvgIpc) is 3.00. The standard InChI is InChI=1S/C29H35N5O2/c1-21-11-12-22(2)23(17-21)19-33-26-10-6-5-9-24(26)25-18-31-34(29(36)28(25)33)20-27(35)30-13-16-32-14-7-3-4-8-15-32/h5-6,9-12,17-18H,3-4,7-8,13-16,19-20H2,1-2H3,(H,30,35). The van der Waals surface area contributed by atoms with E-state index in [4.69, 9.17) is 0 Å². The molecule has 0 saturated carbocycles. The molecule has 5 rings (SSSR count). The molecule has 0 aliphatic carbocycles. The molecule has 4 aromatic rings. The van der Waals surface area contributed by atoms with E-state index in [1.54, 1.807) is 6.20 Å². The van der Waals surface area contributed by atoms with Gasteiger partial charge >= 0.3 is 0 Å². The van der Waals surface area contributed by atoms with E-state index < -0.39 is 0 Å². The van der Waals surface area contributed by atoms with Crippen molar-refractivity contribution in [3.8, 4) is 0 Å². The number of hydrogen-bond acceptors (Lipinski definition) is 4. The summed E-state index contributed by atoms with van der Waals surface area (Å²) in [4.78, 5) is 28.8. The van der Waals surface area contributed by atoms with Crippen molar-refractivity contribution in [3.63, 3.8) is 0 Å². The number of carbonyl (C=O) groups excluding carboxylic acids is 1. The largest absolute Gasteiger partial charge is 0.353 e. The van der Waals surface area contributed by atoms with Gasteiger partial charge in [-0.15, -0.1) is 0 Å². The van der Waals surface area contributed by atoms with E-state index in [-0.39, 0.29) is 18.0 Å². The Morgan fingerprint density at radius 3 is 2.58 bits per heavy atom. The zero-order chi connectivity index (χ0) is 25.1. The molecule has 0 atom stereocenters. The summed E-state index contributed by atoms with van der Waals surface area (Å²) >= 11 is 0. The second-order valence-corrected chi connectivity index (χ2v) is 10.0. The van der Waals surface area contributed by atoms with Crippen LogP contribution in [0.4, 0.5) is 0 Å². The highest BCUT2D eigenvalue weighted by Crippen LogP contribution is 2.27. The van der Waals surface area contributed by atoms with Gasteiger partial charge in [0.15, 0.2) is 0 Å². The van der Waals surface area contributed by atoms with Crippen LogP contribution in [0.1, 0.15) is 42.4 Å². The molecule has 1 fully saturated rings. The third-order valence-corrected chi connectivity index (χ3v) is 7.35. The van der Waals surface area contributed by atoms with Crippen molar-refractivity contribution in [2.24, 2.45) is 0 Å². The Hall–Kier alpha value is -3.45. The summed E-state index contributed by atoms with van der Waals surface area (Å²) in [6, 6.07) is 14.4. The van der Waals surface area contributed by atoms with Crippen molar-refractivity contribution in [2.45, 2.75) is 52.6 Å². The van der Waals surface area contributed by atoms with Gasteiger partial charge in [0.1, 0.15) is 12.1 Å². The summed E-state index contributed by atoms with van der Waals surface area (Å²) in [6.45, 7) is 8.30. The average molecular weight is 486 g/mol. The van der Waals surface area contributed by atoms with Gasteiger partial charge in [0.05, 0.1) is 6.20 Å². The Kier molecular flexibility index (Phi) is 7.18. The van der Waals surface area contributed by atoms with Gasteiger partial charge < -0.3 is 14.8 Å². The van der Waals surface area contributed by atoms with Gasteiger partial charge in [-0.2, -0.15) is 5.10 Å². The highest BCUT2D eigenvalue weighted by atomic mass is 16.2. The number of aryl methyl sites for hydroxylation is 2. The third kappa shape index (κ3) is 5.07. The van der Waals surface area contributed by atoms with Crippen LogP contribution >= 0.6 is 0 Å². The van der Waals surface area contributed by atoms with E-state index in [0.29, 0.717) is 18.6 Å². The Balaban J connectivity index is 1.41. The molecule has 1 amide bonds. The lowest BCUT2D eigenvalue weighted by atomic mass is 10.1. The second-order valence-electron chi connectivity index (χ2n) is 10.0. The number of aromatic nitrogens is 3. The zero-order valence-electron chi connectivity index (χ0n) is 21.3. The molecule has 0 radical (unpaired) electrons. The van der Waals surface area contributed by atoms with E-state index in [2.05, 4.69) is 51.9 Å². The first-order valence-corrected chi connectivity index (χ1v) is 13.0. The maximum atomic E-state index is 13.6. The molecule has 2 aromatic carbocycles. The molecular weight excluding hydrogens is 450 g/mol. The van der Waals surface area contributed by atoms with Crippen molar-refractivity contribution >= 4 is 27.7 Å². The maximum Gasteiger partial charge on any atom is 0.291 e. The Morgan fingerprint density at radius 2 is 1.78 bits per heavy atom. The molecule has 36 heavy (non-hydrogen) atoms. The summed E-state index contributed by atoms with van der Waals surface area (Å²) in [5.74, 6) is -0.184. The molecule has 3 heterocycles. The number of nitrogens with one attached hydrogen (secondary N) is 1. The molecule has 2 aromatic heterocycles. The number of carbonyl (C=O) groups is 1. The molecule has 7 heteroatoms. The maximum absolute atomic E-state index is 13.6. The number of likely N-dealkylation sites (tertiary alicyclic amines) is 1. The van der Waals surface area contributed by atoms with E-state index in [9.17, 15) is 9.59 Å². The van der Waals surface area contributed by atoms with E-state index in [1.165, 1.54) is 47.1 Å². The van der Waals surface area contributed by atoms with E-state index >= 15 is 0 Å². The van der Waals surface area contributed by atoms with Gasteiger partial charge in [0.2, 0.25) is 5.91 Å². The van der Waals surface area contributed by atoms with Crippen LogP contribution < -0.4 is 10.9 Å². The van der Waals surface area contributed by atoms with Gasteiger partial charge in [-0.25, -0.2) is 4.68 Å². The van der Waals surface area contributed by atoms with E-state index in [1.807, 2.05) is 24.3 Å². The predicted molar refractivity (Wildman–Crippen MR) is 144 cm³/mol. The topological polar surface area (TPSA) is 72.2 Å². The molecule has 0 spiro atoms. The fourth-order valence-electron chi connectivity index (χ4n) is 5.32. The molecule has 7 nitrogen and oxygen atoms in total. The van der Waals surface area contributed by atoms with Crippen LogP contribution in [-0.4, -0.2) is 51.3 Å². The highest BCUT2D eigenvalue weighted by Gasteiger charge is 2.18. The fourth-order valence-corrected chi connectivity index (χ4v) is 5.32. The van der Waals surface area contributed by atoms with Crippen molar-refractivity contribution in [1.29, 1.82) is 0 Å². The zero-order valence-corrected chi connectivity index (χ0v) is 21.3. The predicted octanol–water partition coefficient (Wildman–Crippen LogP) is 4.01. The van der Waals surface area contributed by atoms with Gasteiger partial charge in [-0.1, -0.05) is 54.8 Å². The second kappa shape index (κ2) is 10.7. The molecule has 188 valence electrons. The molecule has 1 aliphatic rings. The number of nitrogens with zero attached hydrogens (tertiary/aromatic N) is 4. The lowest BCUT2D eigenvalue weighted by Gasteiger charge is -2.19. The van der Waals surface area contributed by atoms with Crippen LogP contribution in [0.5, 0.6) is 0 Å². The van der Waals surface area contributed by atoms with Crippen molar-refractivity contribution < 1.29 is 4.79 Å². The van der Waals surface area contributed by atoms with Crippen LogP contribution in [0, 0.1) is 13.8 Å². The Labute approximate surface area is 211 Å². The summed E-state index contributed by atoms with van der Waals surface area (Å²) in [5.41, 5.74) is 4.89. The lowest BCUT2D eigenvalue weighted by molar-refractivity contribution is -0.121. The van der Waals surface area contributed by atoms with Gasteiger partial charge in [-0.3, -0.25) is 9.59 Å². The number of fused-ring (bicyclic) bond motifs is 3. The molecule has 0 bridgehead atoms. The SMILES string of the molecule is Cc1ccc(C)c(Cn2c3ccccc3c3cnn(CC(=O)NCCN4CCCCCC4)c(=O)c32)c1. The number of benzene rings is 2. The lowest BCUT2D eigenvalue weighted by Crippen LogP contribution is -2.38. The minimum absolute atomic E-state index is 0.0836. The van der Waals surface area contributed by atoms with Gasteiger partial charge in [-0.05, 0) is 57.0 Å².